The van der Waals surface area contributed by atoms with Gasteiger partial charge in [-0.3, -0.25) is 4.79 Å². The molecule has 0 aromatic heterocycles. The lowest BCUT2D eigenvalue weighted by Crippen LogP contribution is -2.34. The molecule has 1 rings (SSSR count). The summed E-state index contributed by atoms with van der Waals surface area (Å²) in [6.45, 7) is 6.17. The van der Waals surface area contributed by atoms with Crippen molar-refractivity contribution >= 4 is 12.0 Å². The fraction of sp³-hybridized carbons (Fsp3) is 0.400. The highest BCUT2D eigenvalue weighted by Crippen LogP contribution is 2.12. The van der Waals surface area contributed by atoms with Crippen molar-refractivity contribution in [3.63, 3.8) is 0 Å². The topological polar surface area (TPSA) is 38.3 Å². The first-order valence-corrected chi connectivity index (χ1v) is 6.15. The van der Waals surface area contributed by atoms with Crippen LogP contribution >= 0.6 is 0 Å². The molecule has 1 unspecified atom stereocenters. The van der Waals surface area contributed by atoms with E-state index in [-0.39, 0.29) is 11.9 Å². The van der Waals surface area contributed by atoms with E-state index in [9.17, 15) is 4.79 Å². The Balaban J connectivity index is 2.55. The van der Waals surface area contributed by atoms with Crippen molar-refractivity contribution < 1.29 is 9.53 Å². The van der Waals surface area contributed by atoms with Crippen LogP contribution in [0.25, 0.3) is 6.08 Å². The summed E-state index contributed by atoms with van der Waals surface area (Å²) in [7, 11) is 1.63. The Hall–Kier alpha value is -1.77. The van der Waals surface area contributed by atoms with E-state index in [1.54, 1.807) is 19.3 Å². The number of rotatable bonds is 5. The van der Waals surface area contributed by atoms with Gasteiger partial charge in [0.2, 0.25) is 5.91 Å². The van der Waals surface area contributed by atoms with Crippen LogP contribution in [-0.4, -0.2) is 19.1 Å². The lowest BCUT2D eigenvalue weighted by Gasteiger charge is -2.15. The molecule has 0 spiro atoms. The zero-order valence-corrected chi connectivity index (χ0v) is 11.4. The summed E-state index contributed by atoms with van der Waals surface area (Å²) in [6, 6.07) is 7.74. The van der Waals surface area contributed by atoms with Gasteiger partial charge in [-0.25, -0.2) is 0 Å². The van der Waals surface area contributed by atoms with Crippen LogP contribution in [0.2, 0.25) is 0 Å². The Kier molecular flexibility index (Phi) is 5.43. The van der Waals surface area contributed by atoms with E-state index in [0.29, 0.717) is 5.92 Å². The number of ether oxygens (including phenoxy) is 1. The quantitative estimate of drug-likeness (QED) is 0.812. The maximum atomic E-state index is 11.6. The number of nitrogens with one attached hydrogen (secondary N) is 1. The van der Waals surface area contributed by atoms with Gasteiger partial charge in [0.15, 0.2) is 0 Å². The SMILES string of the molecule is COc1ccc(/C=C/C(=O)NC(C)C(C)C)cc1. The summed E-state index contributed by atoms with van der Waals surface area (Å²) in [5.74, 6) is 1.18. The van der Waals surface area contributed by atoms with Crippen LogP contribution < -0.4 is 10.1 Å². The van der Waals surface area contributed by atoms with E-state index >= 15 is 0 Å². The number of hydrogen-bond acceptors (Lipinski definition) is 2. The van der Waals surface area contributed by atoms with E-state index in [1.807, 2.05) is 31.2 Å². The summed E-state index contributed by atoms with van der Waals surface area (Å²) in [5, 5.41) is 2.92. The second kappa shape index (κ2) is 6.84. The highest BCUT2D eigenvalue weighted by molar-refractivity contribution is 5.91. The van der Waals surface area contributed by atoms with E-state index in [4.69, 9.17) is 4.74 Å². The number of amides is 1. The van der Waals surface area contributed by atoms with Gasteiger partial charge in [-0.2, -0.15) is 0 Å². The maximum absolute atomic E-state index is 11.6. The van der Waals surface area contributed by atoms with Gasteiger partial charge in [0.25, 0.3) is 0 Å². The average Bonchev–Trinajstić information content (AvgIpc) is 2.36. The molecular weight excluding hydrogens is 226 g/mol. The predicted octanol–water partition coefficient (Wildman–Crippen LogP) is 2.87. The van der Waals surface area contributed by atoms with Crippen LogP contribution in [0.5, 0.6) is 5.75 Å². The first kappa shape index (κ1) is 14.3. The molecule has 0 radical (unpaired) electrons. The van der Waals surface area contributed by atoms with Crippen LogP contribution in [0.4, 0.5) is 0 Å². The Morgan fingerprint density at radius 2 is 1.83 bits per heavy atom. The molecule has 0 heterocycles. The van der Waals surface area contributed by atoms with Crippen LogP contribution in [-0.2, 0) is 4.79 Å². The molecule has 3 heteroatoms. The molecule has 1 aromatic rings. The highest BCUT2D eigenvalue weighted by Gasteiger charge is 2.07. The Bertz CT molecular complexity index is 407. The average molecular weight is 247 g/mol. The molecule has 18 heavy (non-hydrogen) atoms. The number of methoxy groups -OCH3 is 1. The van der Waals surface area contributed by atoms with Crippen molar-refractivity contribution in [1.82, 2.24) is 5.32 Å². The first-order chi connectivity index (χ1) is 8.52. The molecule has 0 saturated heterocycles. The smallest absolute Gasteiger partial charge is 0.244 e. The zero-order valence-electron chi connectivity index (χ0n) is 11.4. The molecule has 1 N–H and O–H groups in total. The fourth-order valence-electron chi connectivity index (χ4n) is 1.33. The van der Waals surface area contributed by atoms with Crippen molar-refractivity contribution in [2.24, 2.45) is 5.92 Å². The molecule has 0 fully saturated rings. The third-order valence-corrected chi connectivity index (χ3v) is 2.91. The molecule has 1 aromatic carbocycles. The van der Waals surface area contributed by atoms with Gasteiger partial charge in [-0.05, 0) is 36.6 Å². The van der Waals surface area contributed by atoms with Gasteiger partial charge in [-0.1, -0.05) is 26.0 Å². The van der Waals surface area contributed by atoms with Gasteiger partial charge in [0, 0.05) is 12.1 Å². The monoisotopic (exact) mass is 247 g/mol. The normalized spacial score (nSPS) is 12.7. The predicted molar refractivity (Wildman–Crippen MR) is 74.5 cm³/mol. The molecular formula is C15H21NO2. The standard InChI is InChI=1S/C15H21NO2/c1-11(2)12(3)16-15(17)10-7-13-5-8-14(18-4)9-6-13/h5-12H,1-4H3,(H,16,17)/b10-7+. The van der Waals surface area contributed by atoms with Crippen LogP contribution in [0, 0.1) is 5.92 Å². The maximum Gasteiger partial charge on any atom is 0.244 e. The summed E-state index contributed by atoms with van der Waals surface area (Å²) in [6.07, 6.45) is 3.35. The zero-order chi connectivity index (χ0) is 13.5. The molecule has 3 nitrogen and oxygen atoms in total. The summed E-state index contributed by atoms with van der Waals surface area (Å²) in [5.41, 5.74) is 0.975. The van der Waals surface area contributed by atoms with Gasteiger partial charge in [0.05, 0.1) is 7.11 Å². The number of benzene rings is 1. The van der Waals surface area contributed by atoms with Gasteiger partial charge in [-0.15, -0.1) is 0 Å². The van der Waals surface area contributed by atoms with Crippen molar-refractivity contribution in [3.8, 4) is 5.75 Å². The molecule has 0 saturated carbocycles. The Morgan fingerprint density at radius 1 is 1.22 bits per heavy atom. The van der Waals surface area contributed by atoms with Crippen molar-refractivity contribution in [1.29, 1.82) is 0 Å². The fourth-order valence-corrected chi connectivity index (χ4v) is 1.33. The Morgan fingerprint density at radius 3 is 2.33 bits per heavy atom. The molecule has 1 amide bonds. The van der Waals surface area contributed by atoms with Gasteiger partial charge in [0.1, 0.15) is 5.75 Å². The minimum Gasteiger partial charge on any atom is -0.497 e. The third-order valence-electron chi connectivity index (χ3n) is 2.91. The molecule has 98 valence electrons. The molecule has 1 atom stereocenters. The molecule has 0 aliphatic carbocycles. The lowest BCUT2D eigenvalue weighted by molar-refractivity contribution is -0.117. The minimum atomic E-state index is -0.0629. The van der Waals surface area contributed by atoms with Crippen LogP contribution in [0.1, 0.15) is 26.3 Å². The second-order valence-corrected chi connectivity index (χ2v) is 4.65. The number of carbonyl (C=O) groups is 1. The van der Waals surface area contributed by atoms with Crippen molar-refractivity contribution in [2.75, 3.05) is 7.11 Å². The lowest BCUT2D eigenvalue weighted by atomic mass is 10.1. The van der Waals surface area contributed by atoms with Gasteiger partial charge < -0.3 is 10.1 Å². The van der Waals surface area contributed by atoms with Gasteiger partial charge >= 0.3 is 0 Å². The van der Waals surface area contributed by atoms with E-state index < -0.39 is 0 Å². The summed E-state index contributed by atoms with van der Waals surface area (Å²) in [4.78, 5) is 11.6. The molecule has 0 aliphatic rings. The number of hydrogen-bond donors (Lipinski definition) is 1. The van der Waals surface area contributed by atoms with Crippen LogP contribution in [0.3, 0.4) is 0 Å². The first-order valence-electron chi connectivity index (χ1n) is 6.15. The number of carbonyl (C=O) groups excluding carboxylic acids is 1. The second-order valence-electron chi connectivity index (χ2n) is 4.65. The third kappa shape index (κ3) is 4.62. The highest BCUT2D eigenvalue weighted by atomic mass is 16.5. The molecule has 0 aliphatic heterocycles. The van der Waals surface area contributed by atoms with E-state index in [1.165, 1.54) is 0 Å². The van der Waals surface area contributed by atoms with E-state index in [2.05, 4.69) is 19.2 Å². The van der Waals surface area contributed by atoms with Crippen molar-refractivity contribution in [2.45, 2.75) is 26.8 Å². The summed E-state index contributed by atoms with van der Waals surface area (Å²) < 4.78 is 5.07. The minimum absolute atomic E-state index is 0.0629. The van der Waals surface area contributed by atoms with E-state index in [0.717, 1.165) is 11.3 Å². The van der Waals surface area contributed by atoms with Crippen LogP contribution in [0.15, 0.2) is 30.3 Å². The largest absolute Gasteiger partial charge is 0.497 e. The molecule has 0 bridgehead atoms. The summed E-state index contributed by atoms with van der Waals surface area (Å²) >= 11 is 0. The van der Waals surface area contributed by atoms with Crippen molar-refractivity contribution in [3.05, 3.63) is 35.9 Å². The Labute approximate surface area is 109 Å².